The van der Waals surface area contributed by atoms with Crippen LogP contribution in [0.4, 0.5) is 0 Å². The molecule has 1 aromatic carbocycles. The molecule has 0 radical (unpaired) electrons. The van der Waals surface area contributed by atoms with Crippen LogP contribution in [0.25, 0.3) is 0 Å². The summed E-state index contributed by atoms with van der Waals surface area (Å²) in [6.45, 7) is 4.48. The van der Waals surface area contributed by atoms with Crippen LogP contribution in [0.3, 0.4) is 0 Å². The molecule has 1 rings (SSSR count). The summed E-state index contributed by atoms with van der Waals surface area (Å²) in [6, 6.07) is 10.2. The van der Waals surface area contributed by atoms with Gasteiger partial charge in [-0.25, -0.2) is 0 Å². The third-order valence-electron chi connectivity index (χ3n) is 3.36. The number of aliphatic hydroxyl groups excluding tert-OH is 1. The number of hydrogen-bond acceptors (Lipinski definition) is 2. The van der Waals surface area contributed by atoms with Crippen molar-refractivity contribution in [1.29, 1.82) is 0 Å². The van der Waals surface area contributed by atoms with Crippen molar-refractivity contribution in [2.24, 2.45) is 11.8 Å². The van der Waals surface area contributed by atoms with Gasteiger partial charge < -0.3 is 9.84 Å². The second-order valence-corrected chi connectivity index (χ2v) is 4.28. The molecule has 0 saturated heterocycles. The summed E-state index contributed by atoms with van der Waals surface area (Å²) in [7, 11) is 1.73. The van der Waals surface area contributed by atoms with E-state index in [0.717, 1.165) is 6.42 Å². The Labute approximate surface area is 98.3 Å². The number of rotatable bonds is 6. The number of aliphatic hydroxyl groups is 1. The lowest BCUT2D eigenvalue weighted by molar-refractivity contribution is 0.0176. The number of methoxy groups -OCH3 is 1. The topological polar surface area (TPSA) is 29.5 Å². The van der Waals surface area contributed by atoms with Gasteiger partial charge in [-0.1, -0.05) is 50.6 Å². The molecular formula is C14H22O2. The van der Waals surface area contributed by atoms with Gasteiger partial charge in [-0.2, -0.15) is 0 Å². The smallest absolute Gasteiger partial charge is 0.0850 e. The molecule has 0 amide bonds. The summed E-state index contributed by atoms with van der Waals surface area (Å²) in [5.74, 6) is 0.618. The summed E-state index contributed by atoms with van der Waals surface area (Å²) in [6.07, 6.45) is 1.04. The molecule has 16 heavy (non-hydrogen) atoms. The molecule has 2 nitrogen and oxygen atoms in total. The quantitative estimate of drug-likeness (QED) is 0.801. The molecule has 0 spiro atoms. The molecule has 0 heterocycles. The number of benzene rings is 1. The third kappa shape index (κ3) is 3.06. The second kappa shape index (κ2) is 6.66. The van der Waals surface area contributed by atoms with Crippen LogP contribution >= 0.6 is 0 Å². The van der Waals surface area contributed by atoms with Crippen LogP contribution in [0.1, 0.15) is 31.9 Å². The van der Waals surface area contributed by atoms with Crippen LogP contribution in [0.15, 0.2) is 30.3 Å². The van der Waals surface area contributed by atoms with Crippen LogP contribution in [0.2, 0.25) is 0 Å². The first-order valence-corrected chi connectivity index (χ1v) is 5.93. The minimum atomic E-state index is 0.0679. The molecule has 90 valence electrons. The molecule has 0 aliphatic carbocycles. The highest BCUT2D eigenvalue weighted by Crippen LogP contribution is 2.31. The Balaban J connectivity index is 2.82. The zero-order valence-electron chi connectivity index (χ0n) is 10.4. The molecule has 0 aromatic heterocycles. The van der Waals surface area contributed by atoms with E-state index >= 15 is 0 Å². The van der Waals surface area contributed by atoms with Crippen molar-refractivity contribution in [2.75, 3.05) is 13.7 Å². The van der Waals surface area contributed by atoms with Gasteiger partial charge in [-0.15, -0.1) is 0 Å². The lowest BCUT2D eigenvalue weighted by Crippen LogP contribution is -2.23. The second-order valence-electron chi connectivity index (χ2n) is 4.28. The molecule has 0 fully saturated rings. The SMILES string of the molecule is CC[C@H](CO)[C@@H](C)[C@@H](OC)c1ccccc1. The maximum absolute atomic E-state index is 9.33. The van der Waals surface area contributed by atoms with Crippen molar-refractivity contribution in [3.8, 4) is 0 Å². The van der Waals surface area contributed by atoms with Gasteiger partial charge in [0.15, 0.2) is 0 Å². The van der Waals surface area contributed by atoms with Crippen LogP contribution in [0, 0.1) is 11.8 Å². The van der Waals surface area contributed by atoms with Gasteiger partial charge in [0.25, 0.3) is 0 Å². The summed E-state index contributed by atoms with van der Waals surface area (Å²) in [5, 5.41) is 9.33. The van der Waals surface area contributed by atoms with Crippen LogP contribution < -0.4 is 0 Å². The normalized spacial score (nSPS) is 16.8. The maximum Gasteiger partial charge on any atom is 0.0850 e. The minimum Gasteiger partial charge on any atom is -0.396 e. The van der Waals surface area contributed by atoms with E-state index in [0.29, 0.717) is 11.8 Å². The van der Waals surface area contributed by atoms with E-state index in [9.17, 15) is 5.11 Å². The minimum absolute atomic E-state index is 0.0679. The first kappa shape index (κ1) is 13.2. The van der Waals surface area contributed by atoms with Gasteiger partial charge in [-0.3, -0.25) is 0 Å². The van der Waals surface area contributed by atoms with Gasteiger partial charge in [0.2, 0.25) is 0 Å². The Kier molecular flexibility index (Phi) is 5.50. The van der Waals surface area contributed by atoms with E-state index in [2.05, 4.69) is 26.0 Å². The van der Waals surface area contributed by atoms with Crippen LogP contribution in [-0.4, -0.2) is 18.8 Å². The fraction of sp³-hybridized carbons (Fsp3) is 0.571. The summed E-state index contributed by atoms with van der Waals surface area (Å²) >= 11 is 0. The molecule has 0 aliphatic rings. The van der Waals surface area contributed by atoms with E-state index in [-0.39, 0.29) is 12.7 Å². The molecule has 1 aromatic rings. The van der Waals surface area contributed by atoms with E-state index < -0.39 is 0 Å². The molecule has 0 unspecified atom stereocenters. The molecular weight excluding hydrogens is 200 g/mol. The highest BCUT2D eigenvalue weighted by molar-refractivity contribution is 5.18. The average Bonchev–Trinajstić information content (AvgIpc) is 2.33. The molecule has 0 bridgehead atoms. The summed E-state index contributed by atoms with van der Waals surface area (Å²) in [5.41, 5.74) is 1.18. The molecule has 1 N–H and O–H groups in total. The number of ether oxygens (including phenoxy) is 1. The summed E-state index contributed by atoms with van der Waals surface area (Å²) < 4.78 is 5.57. The Morgan fingerprint density at radius 1 is 1.25 bits per heavy atom. The summed E-state index contributed by atoms with van der Waals surface area (Å²) in [4.78, 5) is 0. The van der Waals surface area contributed by atoms with Crippen molar-refractivity contribution in [3.05, 3.63) is 35.9 Å². The third-order valence-corrected chi connectivity index (χ3v) is 3.36. The van der Waals surface area contributed by atoms with Gasteiger partial charge in [0.1, 0.15) is 0 Å². The first-order chi connectivity index (χ1) is 7.74. The predicted octanol–water partition coefficient (Wildman–Crippen LogP) is 3.03. The van der Waals surface area contributed by atoms with Crippen molar-refractivity contribution in [2.45, 2.75) is 26.4 Å². The van der Waals surface area contributed by atoms with Gasteiger partial charge >= 0.3 is 0 Å². The molecule has 3 atom stereocenters. The van der Waals surface area contributed by atoms with Crippen LogP contribution in [-0.2, 0) is 4.74 Å². The van der Waals surface area contributed by atoms with Crippen molar-refractivity contribution in [1.82, 2.24) is 0 Å². The first-order valence-electron chi connectivity index (χ1n) is 5.93. The van der Waals surface area contributed by atoms with Gasteiger partial charge in [0, 0.05) is 13.7 Å². The van der Waals surface area contributed by atoms with Crippen molar-refractivity contribution >= 4 is 0 Å². The van der Waals surface area contributed by atoms with E-state index in [4.69, 9.17) is 4.74 Å². The van der Waals surface area contributed by atoms with Crippen molar-refractivity contribution < 1.29 is 9.84 Å². The zero-order valence-corrected chi connectivity index (χ0v) is 10.4. The fourth-order valence-corrected chi connectivity index (χ4v) is 2.21. The standard InChI is InChI=1S/C14H22O2/c1-4-12(10-15)11(2)14(16-3)13-8-6-5-7-9-13/h5-9,11-12,14-15H,4,10H2,1-3H3/t11-,12-,14-/m1/s1. The highest BCUT2D eigenvalue weighted by atomic mass is 16.5. The Bertz CT molecular complexity index is 280. The van der Waals surface area contributed by atoms with Gasteiger partial charge in [-0.05, 0) is 17.4 Å². The lowest BCUT2D eigenvalue weighted by atomic mass is 9.84. The van der Waals surface area contributed by atoms with E-state index in [1.54, 1.807) is 7.11 Å². The van der Waals surface area contributed by atoms with E-state index in [1.807, 2.05) is 18.2 Å². The maximum atomic E-state index is 9.33. The number of hydrogen-bond donors (Lipinski definition) is 1. The molecule has 0 aliphatic heterocycles. The highest BCUT2D eigenvalue weighted by Gasteiger charge is 2.25. The Morgan fingerprint density at radius 3 is 2.31 bits per heavy atom. The Hall–Kier alpha value is -0.860. The van der Waals surface area contributed by atoms with Crippen molar-refractivity contribution in [3.63, 3.8) is 0 Å². The fourth-order valence-electron chi connectivity index (χ4n) is 2.21. The van der Waals surface area contributed by atoms with Crippen LogP contribution in [0.5, 0.6) is 0 Å². The average molecular weight is 222 g/mol. The predicted molar refractivity (Wildman–Crippen MR) is 66.2 cm³/mol. The largest absolute Gasteiger partial charge is 0.396 e. The van der Waals surface area contributed by atoms with E-state index in [1.165, 1.54) is 5.56 Å². The Morgan fingerprint density at radius 2 is 1.88 bits per heavy atom. The van der Waals surface area contributed by atoms with Gasteiger partial charge in [0.05, 0.1) is 6.10 Å². The zero-order chi connectivity index (χ0) is 12.0. The molecule has 2 heteroatoms. The molecule has 0 saturated carbocycles. The lowest BCUT2D eigenvalue weighted by Gasteiger charge is -2.28. The monoisotopic (exact) mass is 222 g/mol.